The third-order valence-corrected chi connectivity index (χ3v) is 4.52. The molecule has 2 rings (SSSR count). The number of hydrogen-bond donors (Lipinski definition) is 0. The van der Waals surface area contributed by atoms with Crippen LogP contribution >= 0.6 is 23.2 Å². The van der Waals surface area contributed by atoms with E-state index in [4.69, 9.17) is 23.2 Å². The van der Waals surface area contributed by atoms with Crippen LogP contribution in [0.15, 0.2) is 12.2 Å². The van der Waals surface area contributed by atoms with E-state index >= 15 is 0 Å². The van der Waals surface area contributed by atoms with Crippen molar-refractivity contribution in [3.05, 3.63) is 12.2 Å². The van der Waals surface area contributed by atoms with E-state index in [0.717, 1.165) is 6.42 Å². The predicted molar refractivity (Wildman–Crippen MR) is 62.9 cm³/mol. The Bertz CT molecular complexity index is 232. The first-order chi connectivity index (χ1) is 6.61. The summed E-state index contributed by atoms with van der Waals surface area (Å²) in [5.41, 5.74) is 1.40. The molecule has 0 aromatic heterocycles. The van der Waals surface area contributed by atoms with Crippen molar-refractivity contribution in [3.8, 4) is 0 Å². The molecule has 0 saturated heterocycles. The fraction of sp³-hybridized carbons (Fsp3) is 0.833. The Morgan fingerprint density at radius 1 is 1.14 bits per heavy atom. The fourth-order valence-electron chi connectivity index (χ4n) is 2.62. The lowest BCUT2D eigenvalue weighted by molar-refractivity contribution is 0.421. The van der Waals surface area contributed by atoms with Gasteiger partial charge in [0, 0.05) is 5.92 Å². The summed E-state index contributed by atoms with van der Waals surface area (Å²) in [7, 11) is 0. The molecule has 0 N–H and O–H groups in total. The largest absolute Gasteiger partial charge is 0.122 e. The van der Waals surface area contributed by atoms with Gasteiger partial charge in [-0.15, -0.1) is 23.2 Å². The van der Waals surface area contributed by atoms with Gasteiger partial charge in [-0.25, -0.2) is 0 Å². The molecule has 0 heterocycles. The number of hydrogen-bond acceptors (Lipinski definition) is 0. The molecule has 0 radical (unpaired) electrons. The van der Waals surface area contributed by atoms with Crippen LogP contribution in [0.5, 0.6) is 0 Å². The molecule has 2 unspecified atom stereocenters. The van der Waals surface area contributed by atoms with Gasteiger partial charge in [0.05, 0.1) is 0 Å². The average molecular weight is 233 g/mol. The van der Waals surface area contributed by atoms with E-state index in [1.165, 1.54) is 44.1 Å². The highest BCUT2D eigenvalue weighted by molar-refractivity contribution is 6.50. The molecule has 14 heavy (non-hydrogen) atoms. The molecule has 0 nitrogen and oxygen atoms in total. The summed E-state index contributed by atoms with van der Waals surface area (Å²) in [5.74, 6) is 1.10. The van der Waals surface area contributed by atoms with E-state index < -0.39 is 4.33 Å². The van der Waals surface area contributed by atoms with E-state index in [1.807, 2.05) is 0 Å². The molecule has 2 saturated carbocycles. The van der Waals surface area contributed by atoms with Crippen LogP contribution in [0.4, 0.5) is 0 Å². The van der Waals surface area contributed by atoms with Gasteiger partial charge in [-0.3, -0.25) is 0 Å². The van der Waals surface area contributed by atoms with Gasteiger partial charge in [0.25, 0.3) is 0 Å². The Morgan fingerprint density at radius 3 is 2.43 bits per heavy atom. The molecule has 0 aromatic carbocycles. The van der Waals surface area contributed by atoms with Crippen molar-refractivity contribution in [2.45, 2.75) is 49.3 Å². The van der Waals surface area contributed by atoms with Crippen LogP contribution in [0.25, 0.3) is 0 Å². The highest BCUT2D eigenvalue weighted by Gasteiger charge is 2.55. The van der Waals surface area contributed by atoms with Crippen LogP contribution < -0.4 is 0 Å². The van der Waals surface area contributed by atoms with E-state index in [0.29, 0.717) is 11.8 Å². The maximum absolute atomic E-state index is 6.12. The zero-order valence-electron chi connectivity index (χ0n) is 8.57. The minimum Gasteiger partial charge on any atom is -0.101 e. The summed E-state index contributed by atoms with van der Waals surface area (Å²) in [6, 6.07) is 0. The normalized spacial score (nSPS) is 37.4. The van der Waals surface area contributed by atoms with E-state index in [-0.39, 0.29) is 0 Å². The van der Waals surface area contributed by atoms with Crippen LogP contribution in [0, 0.1) is 11.8 Å². The molecule has 2 heteroatoms. The monoisotopic (exact) mass is 232 g/mol. The van der Waals surface area contributed by atoms with Crippen molar-refractivity contribution < 1.29 is 0 Å². The third kappa shape index (κ3) is 2.28. The molecule has 2 aliphatic carbocycles. The van der Waals surface area contributed by atoms with E-state index in [2.05, 4.69) is 6.58 Å². The molecular weight excluding hydrogens is 215 g/mol. The molecule has 2 aliphatic rings. The first-order valence-corrected chi connectivity index (χ1v) is 6.42. The lowest BCUT2D eigenvalue weighted by Crippen LogP contribution is -2.12. The van der Waals surface area contributed by atoms with E-state index in [1.54, 1.807) is 0 Å². The van der Waals surface area contributed by atoms with Gasteiger partial charge in [0.15, 0.2) is 0 Å². The number of rotatable bonds is 1. The van der Waals surface area contributed by atoms with Crippen LogP contribution in [0.2, 0.25) is 0 Å². The second kappa shape index (κ2) is 4.06. The summed E-state index contributed by atoms with van der Waals surface area (Å²) >= 11 is 12.2. The van der Waals surface area contributed by atoms with Crippen molar-refractivity contribution in [2.75, 3.05) is 0 Å². The lowest BCUT2D eigenvalue weighted by Gasteiger charge is -2.22. The minimum absolute atomic E-state index is 0.424. The second-order valence-electron chi connectivity index (χ2n) is 4.79. The quantitative estimate of drug-likeness (QED) is 0.454. The summed E-state index contributed by atoms with van der Waals surface area (Å²) < 4.78 is -0.424. The molecule has 0 amide bonds. The SMILES string of the molecule is C=C1CCCCCCC1C1CC1(Cl)Cl. The third-order valence-electron chi connectivity index (χ3n) is 3.65. The molecule has 0 aromatic rings. The highest BCUT2D eigenvalue weighted by atomic mass is 35.5. The Balaban J connectivity index is 1.97. The van der Waals surface area contributed by atoms with Crippen molar-refractivity contribution in [2.24, 2.45) is 11.8 Å². The Hall–Kier alpha value is 0.320. The fourth-order valence-corrected chi connectivity index (χ4v) is 3.25. The standard InChI is InChI=1S/C12H18Cl2/c1-9-6-4-2-3-5-7-10(9)11-8-12(11,13)14/h10-11H,1-8H2. The maximum Gasteiger partial charge on any atom is 0.122 e. The van der Waals surface area contributed by atoms with Crippen LogP contribution in [0.3, 0.4) is 0 Å². The van der Waals surface area contributed by atoms with Gasteiger partial charge in [0.1, 0.15) is 4.33 Å². The zero-order chi connectivity index (χ0) is 10.2. The molecule has 0 aliphatic heterocycles. The van der Waals surface area contributed by atoms with Crippen LogP contribution in [-0.4, -0.2) is 4.33 Å². The number of alkyl halides is 2. The average Bonchev–Trinajstić information content (AvgIpc) is 2.68. The summed E-state index contributed by atoms with van der Waals surface area (Å²) in [5, 5.41) is 0. The van der Waals surface area contributed by atoms with Gasteiger partial charge in [-0.05, 0) is 31.6 Å². The Labute approximate surface area is 96.7 Å². The summed E-state index contributed by atoms with van der Waals surface area (Å²) in [6.07, 6.45) is 8.77. The minimum atomic E-state index is -0.424. The van der Waals surface area contributed by atoms with Crippen LogP contribution in [0.1, 0.15) is 44.9 Å². The van der Waals surface area contributed by atoms with E-state index in [9.17, 15) is 0 Å². The number of allylic oxidation sites excluding steroid dienone is 1. The summed E-state index contributed by atoms with van der Waals surface area (Å²) in [4.78, 5) is 0. The molecule has 0 bridgehead atoms. The van der Waals surface area contributed by atoms with Gasteiger partial charge < -0.3 is 0 Å². The smallest absolute Gasteiger partial charge is 0.101 e. The van der Waals surface area contributed by atoms with Gasteiger partial charge in [-0.2, -0.15) is 0 Å². The van der Waals surface area contributed by atoms with Crippen molar-refractivity contribution >= 4 is 23.2 Å². The first-order valence-electron chi connectivity index (χ1n) is 5.67. The molecule has 2 atom stereocenters. The summed E-state index contributed by atoms with van der Waals surface area (Å²) in [6.45, 7) is 4.21. The highest BCUT2D eigenvalue weighted by Crippen LogP contribution is 2.59. The van der Waals surface area contributed by atoms with Gasteiger partial charge >= 0.3 is 0 Å². The topological polar surface area (TPSA) is 0 Å². The van der Waals surface area contributed by atoms with Gasteiger partial charge in [0.2, 0.25) is 0 Å². The zero-order valence-corrected chi connectivity index (χ0v) is 10.1. The second-order valence-corrected chi connectivity index (χ2v) is 6.33. The lowest BCUT2D eigenvalue weighted by atomic mass is 9.84. The maximum atomic E-state index is 6.12. The van der Waals surface area contributed by atoms with Crippen molar-refractivity contribution in [1.82, 2.24) is 0 Å². The Kier molecular flexibility index (Phi) is 3.14. The van der Waals surface area contributed by atoms with Gasteiger partial charge in [-0.1, -0.05) is 31.4 Å². The first kappa shape index (κ1) is 10.8. The molecular formula is C12H18Cl2. The molecule has 80 valence electrons. The molecule has 0 spiro atoms. The molecule has 2 fully saturated rings. The number of halogens is 2. The Morgan fingerprint density at radius 2 is 1.79 bits per heavy atom. The van der Waals surface area contributed by atoms with Crippen LogP contribution in [-0.2, 0) is 0 Å². The van der Waals surface area contributed by atoms with Crippen molar-refractivity contribution in [3.63, 3.8) is 0 Å². The van der Waals surface area contributed by atoms with Crippen molar-refractivity contribution in [1.29, 1.82) is 0 Å². The predicted octanol–water partition coefficient (Wildman–Crippen LogP) is 4.71.